The standard InChI is InChI=1S/C10H6N6O4/c11-4-5-1-2-6(7(3-5)16(18)19)13-10(17)8-9(12)15-20-14-8/h1-3H,(H2,12,15)(H,13,17). The van der Waals surface area contributed by atoms with E-state index >= 15 is 0 Å². The van der Waals surface area contributed by atoms with E-state index in [1.54, 1.807) is 6.07 Å². The molecule has 2 rings (SSSR count). The summed E-state index contributed by atoms with van der Waals surface area (Å²) >= 11 is 0. The van der Waals surface area contributed by atoms with Crippen molar-refractivity contribution in [3.63, 3.8) is 0 Å². The van der Waals surface area contributed by atoms with E-state index in [2.05, 4.69) is 20.3 Å². The third-order valence-electron chi connectivity index (χ3n) is 2.30. The molecule has 0 aliphatic carbocycles. The van der Waals surface area contributed by atoms with Crippen LogP contribution >= 0.6 is 0 Å². The second-order valence-electron chi connectivity index (χ2n) is 3.55. The summed E-state index contributed by atoms with van der Waals surface area (Å²) in [5.41, 5.74) is 4.62. The fourth-order valence-electron chi connectivity index (χ4n) is 1.39. The first kappa shape index (κ1) is 13.0. The fraction of sp³-hybridized carbons (Fsp3) is 0. The molecule has 1 aromatic heterocycles. The van der Waals surface area contributed by atoms with Crippen molar-refractivity contribution >= 4 is 23.1 Å². The Kier molecular flexibility index (Phi) is 3.26. The van der Waals surface area contributed by atoms with Gasteiger partial charge in [-0.3, -0.25) is 14.9 Å². The van der Waals surface area contributed by atoms with Crippen molar-refractivity contribution in [2.45, 2.75) is 0 Å². The van der Waals surface area contributed by atoms with E-state index in [4.69, 9.17) is 11.0 Å². The molecule has 10 nitrogen and oxygen atoms in total. The molecular weight excluding hydrogens is 268 g/mol. The van der Waals surface area contributed by atoms with Gasteiger partial charge in [0.25, 0.3) is 11.6 Å². The van der Waals surface area contributed by atoms with Gasteiger partial charge in [-0.2, -0.15) is 5.26 Å². The van der Waals surface area contributed by atoms with Crippen LogP contribution in [0.5, 0.6) is 0 Å². The number of aromatic nitrogens is 2. The van der Waals surface area contributed by atoms with Gasteiger partial charge in [0.1, 0.15) is 5.69 Å². The molecule has 0 saturated carbocycles. The Hall–Kier alpha value is -3.48. The molecule has 20 heavy (non-hydrogen) atoms. The largest absolute Gasteiger partial charge is 0.379 e. The zero-order chi connectivity index (χ0) is 14.7. The second kappa shape index (κ2) is 5.02. The van der Waals surface area contributed by atoms with Crippen molar-refractivity contribution in [1.29, 1.82) is 5.26 Å². The monoisotopic (exact) mass is 274 g/mol. The average molecular weight is 274 g/mol. The number of hydrogen-bond acceptors (Lipinski definition) is 8. The van der Waals surface area contributed by atoms with Gasteiger partial charge < -0.3 is 11.1 Å². The van der Waals surface area contributed by atoms with Crippen molar-refractivity contribution in [2.75, 3.05) is 11.1 Å². The van der Waals surface area contributed by atoms with Crippen molar-refractivity contribution in [3.8, 4) is 6.07 Å². The Morgan fingerprint density at radius 1 is 1.50 bits per heavy atom. The van der Waals surface area contributed by atoms with Crippen molar-refractivity contribution in [2.24, 2.45) is 0 Å². The number of nitrogens with zero attached hydrogens (tertiary/aromatic N) is 4. The van der Waals surface area contributed by atoms with E-state index in [1.807, 2.05) is 0 Å². The lowest BCUT2D eigenvalue weighted by Crippen LogP contribution is -2.15. The van der Waals surface area contributed by atoms with Gasteiger partial charge in [-0.25, -0.2) is 4.63 Å². The lowest BCUT2D eigenvalue weighted by molar-refractivity contribution is -0.383. The number of hydrogen-bond donors (Lipinski definition) is 2. The lowest BCUT2D eigenvalue weighted by Gasteiger charge is -2.04. The van der Waals surface area contributed by atoms with Gasteiger partial charge in [0.05, 0.1) is 16.6 Å². The number of rotatable bonds is 3. The third-order valence-corrected chi connectivity index (χ3v) is 2.30. The van der Waals surface area contributed by atoms with Gasteiger partial charge in [-0.15, -0.1) is 0 Å². The first-order valence-corrected chi connectivity index (χ1v) is 5.11. The highest BCUT2D eigenvalue weighted by atomic mass is 16.6. The average Bonchev–Trinajstić information content (AvgIpc) is 2.85. The smallest absolute Gasteiger partial charge is 0.294 e. The summed E-state index contributed by atoms with van der Waals surface area (Å²) in [5, 5.41) is 28.3. The number of anilines is 2. The number of benzene rings is 1. The number of carbonyl (C=O) groups is 1. The Morgan fingerprint density at radius 2 is 2.25 bits per heavy atom. The molecule has 3 N–H and O–H groups in total. The van der Waals surface area contributed by atoms with Gasteiger partial charge in [0.2, 0.25) is 11.5 Å². The predicted molar refractivity (Wildman–Crippen MR) is 64.5 cm³/mol. The van der Waals surface area contributed by atoms with Crippen LogP contribution in [0.4, 0.5) is 17.2 Å². The lowest BCUT2D eigenvalue weighted by atomic mass is 10.2. The number of carbonyl (C=O) groups excluding carboxylic acids is 1. The summed E-state index contributed by atoms with van der Waals surface area (Å²) in [6.45, 7) is 0. The van der Waals surface area contributed by atoms with Crippen molar-refractivity contribution in [1.82, 2.24) is 10.3 Å². The van der Waals surface area contributed by atoms with Crippen LogP contribution in [-0.4, -0.2) is 21.1 Å². The zero-order valence-corrected chi connectivity index (χ0v) is 9.73. The van der Waals surface area contributed by atoms with E-state index in [9.17, 15) is 14.9 Å². The minimum absolute atomic E-state index is 0.0947. The highest BCUT2D eigenvalue weighted by Gasteiger charge is 2.21. The van der Waals surface area contributed by atoms with Gasteiger partial charge in [-0.1, -0.05) is 0 Å². The highest BCUT2D eigenvalue weighted by Crippen LogP contribution is 2.26. The molecule has 0 bridgehead atoms. The number of nitriles is 1. The van der Waals surface area contributed by atoms with E-state index in [-0.39, 0.29) is 22.8 Å². The molecule has 0 saturated heterocycles. The summed E-state index contributed by atoms with van der Waals surface area (Å²) in [7, 11) is 0. The van der Waals surface area contributed by atoms with E-state index in [0.29, 0.717) is 0 Å². The number of nitrogens with two attached hydrogens (primary N) is 1. The number of nitro groups is 1. The number of amides is 1. The third kappa shape index (κ3) is 2.36. The fourth-order valence-corrected chi connectivity index (χ4v) is 1.39. The Bertz CT molecular complexity index is 732. The minimum Gasteiger partial charge on any atom is -0.379 e. The molecule has 0 aliphatic rings. The summed E-state index contributed by atoms with van der Waals surface area (Å²) in [6, 6.07) is 5.37. The number of nitro benzene ring substituents is 1. The van der Waals surface area contributed by atoms with Crippen LogP contribution in [0.1, 0.15) is 16.1 Å². The topological polar surface area (TPSA) is 161 Å². The Labute approximate surface area is 110 Å². The SMILES string of the molecule is N#Cc1ccc(NC(=O)c2nonc2N)c([N+](=O)[O-])c1. The van der Waals surface area contributed by atoms with Crippen LogP contribution in [0, 0.1) is 21.4 Å². The molecule has 0 fully saturated rings. The predicted octanol–water partition coefficient (Wildman–Crippen LogP) is 0.684. The van der Waals surface area contributed by atoms with Crippen LogP contribution in [0.2, 0.25) is 0 Å². The van der Waals surface area contributed by atoms with Crippen LogP contribution in [0.15, 0.2) is 22.8 Å². The Morgan fingerprint density at radius 3 is 2.80 bits per heavy atom. The molecule has 0 aliphatic heterocycles. The first-order valence-electron chi connectivity index (χ1n) is 5.11. The molecule has 0 unspecified atom stereocenters. The summed E-state index contributed by atoms with van der Waals surface area (Å²) in [5.74, 6) is -1.05. The number of nitrogens with one attached hydrogen (secondary N) is 1. The van der Waals surface area contributed by atoms with Gasteiger partial charge >= 0.3 is 0 Å². The van der Waals surface area contributed by atoms with Crippen molar-refractivity contribution < 1.29 is 14.3 Å². The molecule has 1 aromatic carbocycles. The van der Waals surface area contributed by atoms with Gasteiger partial charge in [0, 0.05) is 6.07 Å². The van der Waals surface area contributed by atoms with E-state index in [0.717, 1.165) is 6.07 Å². The summed E-state index contributed by atoms with van der Waals surface area (Å²) < 4.78 is 4.26. The molecule has 0 spiro atoms. The van der Waals surface area contributed by atoms with Crippen LogP contribution < -0.4 is 11.1 Å². The summed E-state index contributed by atoms with van der Waals surface area (Å²) in [4.78, 5) is 22.0. The molecule has 0 radical (unpaired) electrons. The van der Waals surface area contributed by atoms with E-state index < -0.39 is 16.5 Å². The van der Waals surface area contributed by atoms with Crippen LogP contribution in [-0.2, 0) is 0 Å². The molecule has 10 heteroatoms. The molecule has 1 heterocycles. The Balaban J connectivity index is 2.35. The highest BCUT2D eigenvalue weighted by molar-refractivity contribution is 6.06. The normalized spacial score (nSPS) is 9.75. The van der Waals surface area contributed by atoms with Gasteiger partial charge in [-0.05, 0) is 22.4 Å². The molecule has 1 amide bonds. The molecular formula is C10H6N6O4. The molecule has 100 valence electrons. The van der Waals surface area contributed by atoms with Gasteiger partial charge in [0.15, 0.2) is 0 Å². The molecule has 2 aromatic rings. The van der Waals surface area contributed by atoms with Crippen LogP contribution in [0.25, 0.3) is 0 Å². The molecule has 0 atom stereocenters. The maximum Gasteiger partial charge on any atom is 0.294 e. The number of nitrogen functional groups attached to an aromatic ring is 1. The van der Waals surface area contributed by atoms with Crippen LogP contribution in [0.3, 0.4) is 0 Å². The maximum atomic E-state index is 11.8. The second-order valence-corrected chi connectivity index (χ2v) is 3.55. The van der Waals surface area contributed by atoms with E-state index in [1.165, 1.54) is 12.1 Å². The van der Waals surface area contributed by atoms with Crippen molar-refractivity contribution in [3.05, 3.63) is 39.6 Å². The first-order chi connectivity index (χ1) is 9.52. The summed E-state index contributed by atoms with van der Waals surface area (Å²) in [6.07, 6.45) is 0. The maximum absolute atomic E-state index is 11.8. The zero-order valence-electron chi connectivity index (χ0n) is 9.73. The minimum atomic E-state index is -0.809. The quantitative estimate of drug-likeness (QED) is 0.609.